The molecule has 128 valence electrons. The largest absolute Gasteiger partial charge is 0.376 e. The molecular formula is C14H21N3O5S. The average Bonchev–Trinajstić information content (AvgIpc) is 3.14. The predicted octanol–water partition coefficient (Wildman–Crippen LogP) is -0.553. The van der Waals surface area contributed by atoms with Crippen LogP contribution in [0.2, 0.25) is 0 Å². The highest BCUT2D eigenvalue weighted by atomic mass is 32.2. The highest BCUT2D eigenvalue weighted by Gasteiger charge is 2.37. The maximum absolute atomic E-state index is 12.2. The lowest BCUT2D eigenvalue weighted by Gasteiger charge is -2.27. The van der Waals surface area contributed by atoms with Gasteiger partial charge in [0, 0.05) is 26.0 Å². The van der Waals surface area contributed by atoms with Crippen LogP contribution in [-0.2, 0) is 24.2 Å². The summed E-state index contributed by atoms with van der Waals surface area (Å²) >= 11 is 0. The molecule has 3 aliphatic heterocycles. The molecule has 0 aromatic rings. The van der Waals surface area contributed by atoms with E-state index in [4.69, 9.17) is 4.74 Å². The lowest BCUT2D eigenvalue weighted by Crippen LogP contribution is -2.44. The van der Waals surface area contributed by atoms with Gasteiger partial charge in [0.15, 0.2) is 9.84 Å². The monoisotopic (exact) mass is 343 g/mol. The number of rotatable bonds is 4. The van der Waals surface area contributed by atoms with Crippen molar-refractivity contribution in [1.29, 1.82) is 0 Å². The van der Waals surface area contributed by atoms with Gasteiger partial charge in [0.05, 0.1) is 23.7 Å². The minimum absolute atomic E-state index is 0.0425. The van der Waals surface area contributed by atoms with Gasteiger partial charge in [-0.15, -0.1) is 0 Å². The predicted molar refractivity (Wildman–Crippen MR) is 82.6 cm³/mol. The van der Waals surface area contributed by atoms with Crippen LogP contribution in [0, 0.1) is 0 Å². The number of nitrogens with zero attached hydrogens (tertiary/aromatic N) is 2. The van der Waals surface area contributed by atoms with Gasteiger partial charge >= 0.3 is 0 Å². The lowest BCUT2D eigenvalue weighted by molar-refractivity contribution is -0.133. The summed E-state index contributed by atoms with van der Waals surface area (Å²) in [6.45, 7) is 1.16. The van der Waals surface area contributed by atoms with Gasteiger partial charge in [-0.2, -0.15) is 5.10 Å². The van der Waals surface area contributed by atoms with Gasteiger partial charge in [0.1, 0.15) is 5.71 Å². The van der Waals surface area contributed by atoms with E-state index >= 15 is 0 Å². The molecule has 0 bridgehead atoms. The number of carbonyl (C=O) groups is 2. The second kappa shape index (κ2) is 6.56. The Labute approximate surface area is 135 Å². The average molecular weight is 343 g/mol. The Kier molecular flexibility index (Phi) is 4.67. The zero-order valence-electron chi connectivity index (χ0n) is 12.9. The molecule has 3 aliphatic rings. The van der Waals surface area contributed by atoms with Gasteiger partial charge in [0.25, 0.3) is 5.91 Å². The van der Waals surface area contributed by atoms with Gasteiger partial charge < -0.3 is 10.1 Å². The summed E-state index contributed by atoms with van der Waals surface area (Å²) in [4.78, 5) is 24.2. The molecule has 0 spiro atoms. The first kappa shape index (κ1) is 16.4. The summed E-state index contributed by atoms with van der Waals surface area (Å²) in [6.07, 6.45) is 2.81. The number of sulfone groups is 1. The molecule has 2 saturated heterocycles. The highest BCUT2D eigenvalue weighted by Crippen LogP contribution is 2.22. The molecule has 8 nitrogen and oxygen atoms in total. The number of hydrogen-bond acceptors (Lipinski definition) is 6. The SMILES string of the molecule is O=C(NCC1CCCO1)C1=NN(C2CCS(=O)(=O)C2)C(=O)CC1. The fourth-order valence-electron chi connectivity index (χ4n) is 3.10. The Bertz CT molecular complexity index is 624. The number of hydrogen-bond donors (Lipinski definition) is 1. The third-order valence-electron chi connectivity index (χ3n) is 4.39. The van der Waals surface area contributed by atoms with Crippen molar-refractivity contribution in [2.24, 2.45) is 5.10 Å². The van der Waals surface area contributed by atoms with Crippen molar-refractivity contribution < 1.29 is 22.7 Å². The number of carbonyl (C=O) groups excluding carboxylic acids is 2. The van der Waals surface area contributed by atoms with Crippen molar-refractivity contribution in [2.45, 2.75) is 44.2 Å². The summed E-state index contributed by atoms with van der Waals surface area (Å²) < 4.78 is 28.6. The van der Waals surface area contributed by atoms with Crippen molar-refractivity contribution in [3.8, 4) is 0 Å². The van der Waals surface area contributed by atoms with E-state index in [1.165, 1.54) is 5.01 Å². The maximum atomic E-state index is 12.2. The van der Waals surface area contributed by atoms with Gasteiger partial charge in [0.2, 0.25) is 5.91 Å². The lowest BCUT2D eigenvalue weighted by atomic mass is 10.1. The van der Waals surface area contributed by atoms with E-state index in [0.29, 0.717) is 13.0 Å². The van der Waals surface area contributed by atoms with Gasteiger partial charge in [-0.1, -0.05) is 0 Å². The Hall–Kier alpha value is -1.48. The smallest absolute Gasteiger partial charge is 0.267 e. The molecule has 0 aromatic heterocycles. The number of hydrazone groups is 1. The van der Waals surface area contributed by atoms with Crippen LogP contribution in [0.5, 0.6) is 0 Å². The van der Waals surface area contributed by atoms with Crippen molar-refractivity contribution >= 4 is 27.4 Å². The molecule has 3 rings (SSSR count). The van der Waals surface area contributed by atoms with Gasteiger partial charge in [-0.3, -0.25) is 9.59 Å². The Balaban J connectivity index is 1.63. The molecule has 23 heavy (non-hydrogen) atoms. The number of nitrogens with one attached hydrogen (secondary N) is 1. The summed E-state index contributed by atoms with van der Waals surface area (Å²) in [5.74, 6) is -0.536. The van der Waals surface area contributed by atoms with E-state index in [-0.39, 0.29) is 48.0 Å². The van der Waals surface area contributed by atoms with Crippen LogP contribution < -0.4 is 5.32 Å². The van der Waals surface area contributed by atoms with E-state index in [1.807, 2.05) is 0 Å². The zero-order valence-corrected chi connectivity index (χ0v) is 13.7. The molecule has 0 radical (unpaired) electrons. The Morgan fingerprint density at radius 1 is 1.35 bits per heavy atom. The van der Waals surface area contributed by atoms with Crippen molar-refractivity contribution in [2.75, 3.05) is 24.7 Å². The third-order valence-corrected chi connectivity index (χ3v) is 6.14. The Morgan fingerprint density at radius 3 is 2.83 bits per heavy atom. The molecule has 0 saturated carbocycles. The zero-order chi connectivity index (χ0) is 16.4. The third kappa shape index (κ3) is 3.89. The maximum Gasteiger partial charge on any atom is 0.267 e. The molecule has 0 aliphatic carbocycles. The van der Waals surface area contributed by atoms with Crippen LogP contribution in [0.1, 0.15) is 32.1 Å². The molecule has 2 fully saturated rings. The second-order valence-electron chi connectivity index (χ2n) is 6.19. The standard InChI is InChI=1S/C14H21N3O5S/c18-13-4-3-12(14(19)15-8-11-2-1-6-22-11)16-17(13)10-5-7-23(20,21)9-10/h10-11H,1-9H2,(H,15,19). The number of ether oxygens (including phenoxy) is 1. The summed E-state index contributed by atoms with van der Waals surface area (Å²) in [5, 5.41) is 8.13. The van der Waals surface area contributed by atoms with Crippen molar-refractivity contribution in [1.82, 2.24) is 10.3 Å². The van der Waals surface area contributed by atoms with E-state index < -0.39 is 15.9 Å². The first-order valence-corrected chi connectivity index (χ1v) is 9.76. The topological polar surface area (TPSA) is 105 Å². The normalized spacial score (nSPS) is 30.3. The van der Waals surface area contributed by atoms with Crippen LogP contribution in [-0.4, -0.2) is 67.8 Å². The van der Waals surface area contributed by atoms with E-state index in [0.717, 1.165) is 19.4 Å². The molecule has 0 aromatic carbocycles. The van der Waals surface area contributed by atoms with Crippen molar-refractivity contribution in [3.05, 3.63) is 0 Å². The highest BCUT2D eigenvalue weighted by molar-refractivity contribution is 7.91. The quantitative estimate of drug-likeness (QED) is 0.737. The summed E-state index contributed by atoms with van der Waals surface area (Å²) in [5.41, 5.74) is 0.284. The number of amides is 2. The molecule has 2 unspecified atom stereocenters. The van der Waals surface area contributed by atoms with Crippen molar-refractivity contribution in [3.63, 3.8) is 0 Å². The molecule has 3 heterocycles. The molecule has 1 N–H and O–H groups in total. The first-order valence-electron chi connectivity index (χ1n) is 7.94. The van der Waals surface area contributed by atoms with E-state index in [9.17, 15) is 18.0 Å². The van der Waals surface area contributed by atoms with E-state index in [1.54, 1.807) is 0 Å². The van der Waals surface area contributed by atoms with E-state index in [2.05, 4.69) is 10.4 Å². The minimum Gasteiger partial charge on any atom is -0.376 e. The fourth-order valence-corrected chi connectivity index (χ4v) is 4.79. The first-order chi connectivity index (χ1) is 10.9. The molecule has 2 atom stereocenters. The van der Waals surface area contributed by atoms with Crippen LogP contribution in [0.25, 0.3) is 0 Å². The summed E-state index contributed by atoms with van der Waals surface area (Å²) in [6, 6.07) is -0.450. The molecule has 2 amide bonds. The Morgan fingerprint density at radius 2 is 2.17 bits per heavy atom. The van der Waals surface area contributed by atoms with Crippen LogP contribution in [0.15, 0.2) is 5.10 Å². The fraction of sp³-hybridized carbons (Fsp3) is 0.786. The molecule has 9 heteroatoms. The van der Waals surface area contributed by atoms with Gasteiger partial charge in [-0.05, 0) is 19.3 Å². The minimum atomic E-state index is -3.11. The molecular weight excluding hydrogens is 322 g/mol. The van der Waals surface area contributed by atoms with Crippen LogP contribution in [0.4, 0.5) is 0 Å². The van der Waals surface area contributed by atoms with Gasteiger partial charge in [-0.25, -0.2) is 13.4 Å². The van der Waals surface area contributed by atoms with Crippen LogP contribution in [0.3, 0.4) is 0 Å². The summed E-state index contributed by atoms with van der Waals surface area (Å²) in [7, 11) is -3.11. The van der Waals surface area contributed by atoms with Crippen LogP contribution >= 0.6 is 0 Å². The second-order valence-corrected chi connectivity index (χ2v) is 8.42.